The van der Waals surface area contributed by atoms with Gasteiger partial charge in [-0.15, -0.1) is 0 Å². The lowest BCUT2D eigenvalue weighted by molar-refractivity contribution is -0.122. The molecule has 2 aromatic rings. The maximum absolute atomic E-state index is 12.3. The van der Waals surface area contributed by atoms with Crippen molar-refractivity contribution in [1.82, 2.24) is 24.8 Å². The third-order valence-corrected chi connectivity index (χ3v) is 5.59. The van der Waals surface area contributed by atoms with E-state index in [0.717, 1.165) is 50.9 Å². The second kappa shape index (κ2) is 11.7. The molecule has 6 N–H and O–H groups in total. The molecule has 10 heteroatoms. The van der Waals surface area contributed by atoms with E-state index in [1.165, 1.54) is 0 Å². The van der Waals surface area contributed by atoms with Gasteiger partial charge in [0.15, 0.2) is 0 Å². The molecule has 1 fully saturated rings. The van der Waals surface area contributed by atoms with Gasteiger partial charge in [0.25, 0.3) is 0 Å². The highest BCUT2D eigenvalue weighted by Crippen LogP contribution is 2.12. The summed E-state index contributed by atoms with van der Waals surface area (Å²) in [6, 6.07) is 5.18. The van der Waals surface area contributed by atoms with Crippen molar-refractivity contribution in [3.05, 3.63) is 46.6 Å². The molecule has 0 aromatic carbocycles. The SMILES string of the molecule is C[C@H](N)C(=O)NCc1ccc(Nc2ccn(CCCCN3CCC(N)CC3)c(=O)n2)nc1. The molecule has 2 aromatic heterocycles. The Morgan fingerprint density at radius 3 is 2.59 bits per heavy atom. The van der Waals surface area contributed by atoms with Gasteiger partial charge in [-0.05, 0) is 69.9 Å². The number of aryl methyl sites for hydroxylation is 1. The number of amides is 1. The van der Waals surface area contributed by atoms with Crippen LogP contribution in [0.3, 0.4) is 0 Å². The van der Waals surface area contributed by atoms with E-state index in [1.807, 2.05) is 6.07 Å². The van der Waals surface area contributed by atoms with E-state index in [9.17, 15) is 9.59 Å². The van der Waals surface area contributed by atoms with Crippen LogP contribution in [0.1, 0.15) is 38.2 Å². The topological polar surface area (TPSA) is 144 Å². The number of piperidine rings is 1. The van der Waals surface area contributed by atoms with E-state index in [-0.39, 0.29) is 11.6 Å². The van der Waals surface area contributed by atoms with Crippen LogP contribution in [-0.2, 0) is 17.9 Å². The van der Waals surface area contributed by atoms with Crippen LogP contribution in [0.15, 0.2) is 35.4 Å². The van der Waals surface area contributed by atoms with Gasteiger partial charge in [-0.3, -0.25) is 9.36 Å². The molecular weight excluding hydrogens is 408 g/mol. The minimum atomic E-state index is -0.550. The predicted octanol–water partition coefficient (Wildman–Crippen LogP) is 0.549. The van der Waals surface area contributed by atoms with Crippen LogP contribution < -0.4 is 27.8 Å². The van der Waals surface area contributed by atoms with Gasteiger partial charge in [-0.2, -0.15) is 4.98 Å². The first-order chi connectivity index (χ1) is 15.4. The highest BCUT2D eigenvalue weighted by atomic mass is 16.2. The Labute approximate surface area is 188 Å². The first-order valence-corrected chi connectivity index (χ1v) is 11.2. The predicted molar refractivity (Wildman–Crippen MR) is 124 cm³/mol. The van der Waals surface area contributed by atoms with Crippen LogP contribution in [0.4, 0.5) is 11.6 Å². The lowest BCUT2D eigenvalue weighted by Gasteiger charge is -2.29. The molecule has 0 saturated carbocycles. The zero-order valence-electron chi connectivity index (χ0n) is 18.7. The molecule has 1 amide bonds. The number of nitrogens with two attached hydrogens (primary N) is 2. The van der Waals surface area contributed by atoms with Gasteiger partial charge in [0, 0.05) is 31.5 Å². The summed E-state index contributed by atoms with van der Waals surface area (Å²) in [5.74, 6) is 0.799. The number of carbonyl (C=O) groups excluding carboxylic acids is 1. The largest absolute Gasteiger partial charge is 0.351 e. The van der Waals surface area contributed by atoms with Crippen molar-refractivity contribution in [3.63, 3.8) is 0 Å². The summed E-state index contributed by atoms with van der Waals surface area (Å²) in [7, 11) is 0. The number of anilines is 2. The lowest BCUT2D eigenvalue weighted by Crippen LogP contribution is -2.40. The summed E-state index contributed by atoms with van der Waals surface area (Å²) < 4.78 is 1.63. The maximum atomic E-state index is 12.3. The molecule has 3 heterocycles. The van der Waals surface area contributed by atoms with Crippen LogP contribution in [0.2, 0.25) is 0 Å². The van der Waals surface area contributed by atoms with Crippen LogP contribution in [-0.4, -0.2) is 57.1 Å². The molecule has 32 heavy (non-hydrogen) atoms. The molecule has 3 rings (SSSR count). The molecule has 1 aliphatic rings. The summed E-state index contributed by atoms with van der Waals surface area (Å²) in [4.78, 5) is 34.7. The van der Waals surface area contributed by atoms with Crippen molar-refractivity contribution >= 4 is 17.5 Å². The van der Waals surface area contributed by atoms with Gasteiger partial charge in [-0.25, -0.2) is 9.78 Å². The fourth-order valence-electron chi connectivity index (χ4n) is 3.55. The van der Waals surface area contributed by atoms with Gasteiger partial charge in [0.1, 0.15) is 11.6 Å². The van der Waals surface area contributed by atoms with E-state index in [0.29, 0.717) is 30.8 Å². The number of pyridine rings is 1. The van der Waals surface area contributed by atoms with Crippen molar-refractivity contribution in [2.24, 2.45) is 11.5 Å². The Balaban J connectivity index is 1.43. The Hall–Kier alpha value is -2.82. The normalized spacial score (nSPS) is 16.0. The van der Waals surface area contributed by atoms with Gasteiger partial charge in [0.05, 0.1) is 6.04 Å². The monoisotopic (exact) mass is 442 g/mol. The molecule has 0 bridgehead atoms. The molecule has 0 unspecified atom stereocenters. The molecule has 1 aliphatic heterocycles. The van der Waals surface area contributed by atoms with Gasteiger partial charge >= 0.3 is 5.69 Å². The van der Waals surface area contributed by atoms with Crippen molar-refractivity contribution < 1.29 is 4.79 Å². The fraction of sp³-hybridized carbons (Fsp3) is 0.545. The van der Waals surface area contributed by atoms with E-state index >= 15 is 0 Å². The Bertz CT molecular complexity index is 920. The second-order valence-corrected chi connectivity index (χ2v) is 8.36. The Morgan fingerprint density at radius 2 is 1.94 bits per heavy atom. The van der Waals surface area contributed by atoms with Crippen LogP contribution in [0.25, 0.3) is 0 Å². The van der Waals surface area contributed by atoms with E-state index < -0.39 is 6.04 Å². The zero-order chi connectivity index (χ0) is 22.9. The summed E-state index contributed by atoms with van der Waals surface area (Å²) in [6.45, 7) is 5.82. The standard InChI is InChI=1S/C22H34N8O2/c1-16(23)21(31)26-15-17-4-5-19(25-14-17)27-20-8-13-30(22(32)28-20)10-3-2-9-29-11-6-18(24)7-12-29/h4-5,8,13-14,16,18H,2-3,6-7,9-12,15,23-24H2,1H3,(H,26,31)(H,25,27,28,32)/t16-/m0/s1. The quantitative estimate of drug-likeness (QED) is 0.391. The number of hydrogen-bond donors (Lipinski definition) is 4. The molecule has 0 spiro atoms. The molecule has 10 nitrogen and oxygen atoms in total. The first kappa shape index (κ1) is 23.8. The van der Waals surface area contributed by atoms with Crippen molar-refractivity contribution in [3.8, 4) is 0 Å². The smallest absolute Gasteiger partial charge is 0.349 e. The third kappa shape index (κ3) is 7.40. The summed E-state index contributed by atoms with van der Waals surface area (Å²) >= 11 is 0. The molecule has 174 valence electrons. The highest BCUT2D eigenvalue weighted by molar-refractivity contribution is 5.80. The number of carbonyl (C=O) groups is 1. The zero-order valence-corrected chi connectivity index (χ0v) is 18.7. The number of aromatic nitrogens is 3. The number of nitrogens with zero attached hydrogens (tertiary/aromatic N) is 4. The number of hydrogen-bond acceptors (Lipinski definition) is 8. The van der Waals surface area contributed by atoms with E-state index in [4.69, 9.17) is 11.5 Å². The summed E-state index contributed by atoms with van der Waals surface area (Å²) in [6.07, 6.45) is 7.53. The lowest BCUT2D eigenvalue weighted by atomic mass is 10.1. The van der Waals surface area contributed by atoms with Gasteiger partial charge in [0.2, 0.25) is 5.91 Å². The van der Waals surface area contributed by atoms with Gasteiger partial charge in [-0.1, -0.05) is 6.07 Å². The summed E-state index contributed by atoms with van der Waals surface area (Å²) in [5, 5.41) is 5.77. The molecule has 1 saturated heterocycles. The number of unbranched alkanes of at least 4 members (excludes halogenated alkanes) is 1. The van der Waals surface area contributed by atoms with Crippen molar-refractivity contribution in [2.75, 3.05) is 25.0 Å². The average Bonchev–Trinajstić information content (AvgIpc) is 2.78. The minimum Gasteiger partial charge on any atom is -0.351 e. The second-order valence-electron chi connectivity index (χ2n) is 8.36. The summed E-state index contributed by atoms with van der Waals surface area (Å²) in [5.41, 5.74) is 12.0. The van der Waals surface area contributed by atoms with Crippen LogP contribution in [0, 0.1) is 0 Å². The Morgan fingerprint density at radius 1 is 1.19 bits per heavy atom. The average molecular weight is 443 g/mol. The molecular formula is C22H34N8O2. The van der Waals surface area contributed by atoms with E-state index in [2.05, 4.69) is 25.5 Å². The number of likely N-dealkylation sites (tertiary alicyclic amines) is 1. The van der Waals surface area contributed by atoms with Crippen LogP contribution >= 0.6 is 0 Å². The highest BCUT2D eigenvalue weighted by Gasteiger charge is 2.15. The fourth-order valence-corrected chi connectivity index (χ4v) is 3.55. The van der Waals surface area contributed by atoms with Crippen molar-refractivity contribution in [2.45, 2.75) is 57.8 Å². The van der Waals surface area contributed by atoms with Gasteiger partial charge < -0.3 is 27.0 Å². The van der Waals surface area contributed by atoms with Crippen LogP contribution in [0.5, 0.6) is 0 Å². The minimum absolute atomic E-state index is 0.215. The maximum Gasteiger partial charge on any atom is 0.349 e. The Kier molecular flexibility index (Phi) is 8.72. The van der Waals surface area contributed by atoms with Crippen molar-refractivity contribution in [1.29, 1.82) is 0 Å². The first-order valence-electron chi connectivity index (χ1n) is 11.2. The number of rotatable bonds is 10. The third-order valence-electron chi connectivity index (χ3n) is 5.59. The number of nitrogens with one attached hydrogen (secondary N) is 2. The molecule has 0 radical (unpaired) electrons. The van der Waals surface area contributed by atoms with E-state index in [1.54, 1.807) is 36.0 Å². The molecule has 1 atom stereocenters. The molecule has 0 aliphatic carbocycles.